The largest absolute Gasteiger partial charge is 0.329 e. The molecule has 0 bridgehead atoms. The van der Waals surface area contributed by atoms with Crippen molar-refractivity contribution in [3.05, 3.63) is 24.3 Å². The van der Waals surface area contributed by atoms with E-state index < -0.39 is 11.2 Å². The Morgan fingerprint density at radius 1 is 1.29 bits per heavy atom. The number of anilines is 1. The van der Waals surface area contributed by atoms with Crippen LogP contribution in [0.2, 0.25) is 0 Å². The number of thioether (sulfide) groups is 1. The highest BCUT2D eigenvalue weighted by Crippen LogP contribution is 2.38. The molecule has 1 aliphatic rings. The lowest BCUT2D eigenvalue weighted by Gasteiger charge is -2.25. The minimum absolute atomic E-state index is 0. The number of alkyl halides is 2. The third-order valence-electron chi connectivity index (χ3n) is 3.77. The molecular formula is C14H19ClF2N2OS. The van der Waals surface area contributed by atoms with Crippen LogP contribution in [0.5, 0.6) is 0 Å². The van der Waals surface area contributed by atoms with E-state index >= 15 is 0 Å². The maximum Gasteiger partial charge on any atom is 0.288 e. The van der Waals surface area contributed by atoms with E-state index in [9.17, 15) is 13.6 Å². The topological polar surface area (TPSA) is 55.1 Å². The fourth-order valence-electron chi connectivity index (χ4n) is 2.56. The van der Waals surface area contributed by atoms with Crippen molar-refractivity contribution in [1.29, 1.82) is 0 Å². The summed E-state index contributed by atoms with van der Waals surface area (Å²) in [6.45, 7) is 0.345. The molecule has 1 aliphatic carbocycles. The Labute approximate surface area is 133 Å². The number of benzene rings is 1. The van der Waals surface area contributed by atoms with Gasteiger partial charge in [-0.2, -0.15) is 8.78 Å². The molecule has 0 aromatic heterocycles. The van der Waals surface area contributed by atoms with Crippen LogP contribution in [0.1, 0.15) is 25.7 Å². The molecule has 3 nitrogen and oxygen atoms in total. The van der Waals surface area contributed by atoms with Gasteiger partial charge >= 0.3 is 0 Å². The van der Waals surface area contributed by atoms with Crippen molar-refractivity contribution in [3.8, 4) is 0 Å². The number of nitrogens with two attached hydrogens (primary N) is 1. The van der Waals surface area contributed by atoms with Gasteiger partial charge in [0.2, 0.25) is 5.91 Å². The number of halogens is 3. The van der Waals surface area contributed by atoms with Gasteiger partial charge in [0.15, 0.2) is 0 Å². The highest BCUT2D eigenvalue weighted by molar-refractivity contribution is 7.99. The van der Waals surface area contributed by atoms with Crippen molar-refractivity contribution < 1.29 is 13.6 Å². The zero-order valence-electron chi connectivity index (χ0n) is 11.5. The second kappa shape index (κ2) is 7.96. The van der Waals surface area contributed by atoms with Gasteiger partial charge in [0.25, 0.3) is 5.76 Å². The SMILES string of the molecule is Cl.NCC1(C(=O)Nc2ccc(SC(F)F)cc2)CCCC1. The van der Waals surface area contributed by atoms with Gasteiger partial charge < -0.3 is 11.1 Å². The van der Waals surface area contributed by atoms with Crippen molar-refractivity contribution in [2.24, 2.45) is 11.1 Å². The molecule has 1 aromatic rings. The van der Waals surface area contributed by atoms with E-state index in [1.807, 2.05) is 0 Å². The molecule has 0 radical (unpaired) electrons. The average Bonchev–Trinajstić information content (AvgIpc) is 2.90. The molecule has 0 heterocycles. The van der Waals surface area contributed by atoms with E-state index in [0.29, 0.717) is 28.9 Å². The summed E-state index contributed by atoms with van der Waals surface area (Å²) >= 11 is 0.489. The van der Waals surface area contributed by atoms with Gasteiger partial charge in [-0.1, -0.05) is 24.6 Å². The lowest BCUT2D eigenvalue weighted by Crippen LogP contribution is -2.40. The van der Waals surface area contributed by atoms with Crippen LogP contribution < -0.4 is 11.1 Å². The summed E-state index contributed by atoms with van der Waals surface area (Å²) in [5.74, 6) is -2.50. The van der Waals surface area contributed by atoms with Gasteiger partial charge in [-0.3, -0.25) is 4.79 Å². The number of nitrogens with one attached hydrogen (secondary N) is 1. The Morgan fingerprint density at radius 2 is 1.86 bits per heavy atom. The standard InChI is InChI=1S/C14H18F2N2OS.ClH/c15-13(16)20-11-5-3-10(4-6-11)18-12(19)14(9-17)7-1-2-8-14;/h3-6,13H,1-2,7-9,17H2,(H,18,19);1H. The second-order valence-electron chi connectivity index (χ2n) is 5.05. The summed E-state index contributed by atoms with van der Waals surface area (Å²) in [7, 11) is 0. The highest BCUT2D eigenvalue weighted by atomic mass is 35.5. The Bertz CT molecular complexity index is 465. The first-order valence-electron chi connectivity index (χ1n) is 6.62. The molecule has 3 N–H and O–H groups in total. The Kier molecular flexibility index (Phi) is 6.90. The molecule has 1 aromatic carbocycles. The van der Waals surface area contributed by atoms with E-state index in [1.54, 1.807) is 24.3 Å². The first-order chi connectivity index (χ1) is 9.55. The maximum atomic E-state index is 12.3. The predicted molar refractivity (Wildman–Crippen MR) is 84.1 cm³/mol. The molecule has 0 aliphatic heterocycles. The Morgan fingerprint density at radius 3 is 2.33 bits per heavy atom. The van der Waals surface area contributed by atoms with E-state index in [0.717, 1.165) is 25.7 Å². The summed E-state index contributed by atoms with van der Waals surface area (Å²) in [5, 5.41) is 2.84. The number of rotatable bonds is 5. The summed E-state index contributed by atoms with van der Waals surface area (Å²) in [5.41, 5.74) is 5.91. The zero-order chi connectivity index (χ0) is 14.6. The van der Waals surface area contributed by atoms with Crippen molar-refractivity contribution in [2.75, 3.05) is 11.9 Å². The number of hydrogen-bond acceptors (Lipinski definition) is 3. The van der Waals surface area contributed by atoms with E-state index in [4.69, 9.17) is 5.73 Å². The van der Waals surface area contributed by atoms with E-state index in [-0.39, 0.29) is 18.3 Å². The van der Waals surface area contributed by atoms with Crippen molar-refractivity contribution >= 4 is 35.8 Å². The molecule has 2 rings (SSSR count). The second-order valence-corrected chi connectivity index (χ2v) is 6.11. The van der Waals surface area contributed by atoms with Crippen molar-refractivity contribution in [1.82, 2.24) is 0 Å². The van der Waals surface area contributed by atoms with Crippen LogP contribution in [-0.4, -0.2) is 18.2 Å². The minimum Gasteiger partial charge on any atom is -0.329 e. The van der Waals surface area contributed by atoms with Crippen molar-refractivity contribution in [3.63, 3.8) is 0 Å². The van der Waals surface area contributed by atoms with Crippen LogP contribution >= 0.6 is 24.2 Å². The summed E-state index contributed by atoms with van der Waals surface area (Å²) in [6.07, 6.45) is 3.67. The number of hydrogen-bond donors (Lipinski definition) is 2. The molecular weight excluding hydrogens is 318 g/mol. The quantitative estimate of drug-likeness (QED) is 0.802. The molecule has 118 valence electrons. The first kappa shape index (κ1) is 18.2. The molecule has 1 fully saturated rings. The number of carbonyl (C=O) groups is 1. The minimum atomic E-state index is -2.44. The van der Waals surface area contributed by atoms with Crippen LogP contribution in [0.15, 0.2) is 29.2 Å². The van der Waals surface area contributed by atoms with Crippen molar-refractivity contribution in [2.45, 2.75) is 36.3 Å². The van der Waals surface area contributed by atoms with Gasteiger partial charge in [-0.15, -0.1) is 12.4 Å². The highest BCUT2D eigenvalue weighted by Gasteiger charge is 2.39. The van der Waals surface area contributed by atoms with E-state index in [1.165, 1.54) is 0 Å². The zero-order valence-corrected chi connectivity index (χ0v) is 13.1. The fraction of sp³-hybridized carbons (Fsp3) is 0.500. The molecule has 7 heteroatoms. The monoisotopic (exact) mass is 336 g/mol. The smallest absolute Gasteiger partial charge is 0.288 e. The third-order valence-corrected chi connectivity index (χ3v) is 4.49. The summed E-state index contributed by atoms with van der Waals surface area (Å²) < 4.78 is 24.4. The summed E-state index contributed by atoms with van der Waals surface area (Å²) in [6, 6.07) is 6.44. The Balaban J connectivity index is 0.00000220. The average molecular weight is 337 g/mol. The van der Waals surface area contributed by atoms with Gasteiger partial charge in [0.1, 0.15) is 0 Å². The van der Waals surface area contributed by atoms with Gasteiger partial charge in [-0.05, 0) is 37.1 Å². The normalized spacial score (nSPS) is 16.6. The third kappa shape index (κ3) is 4.56. The van der Waals surface area contributed by atoms with Crippen LogP contribution in [0.25, 0.3) is 0 Å². The molecule has 1 saturated carbocycles. The predicted octanol–water partition coefficient (Wildman–Crippen LogP) is 3.88. The lowest BCUT2D eigenvalue weighted by molar-refractivity contribution is -0.124. The van der Waals surface area contributed by atoms with E-state index in [2.05, 4.69) is 5.32 Å². The number of carbonyl (C=O) groups excluding carboxylic acids is 1. The summed E-state index contributed by atoms with van der Waals surface area (Å²) in [4.78, 5) is 12.8. The molecule has 0 unspecified atom stereocenters. The molecule has 0 saturated heterocycles. The van der Waals surface area contributed by atoms with Gasteiger partial charge in [-0.25, -0.2) is 0 Å². The number of amides is 1. The van der Waals surface area contributed by atoms with Crippen LogP contribution in [-0.2, 0) is 4.79 Å². The lowest BCUT2D eigenvalue weighted by atomic mass is 9.85. The first-order valence-corrected chi connectivity index (χ1v) is 7.50. The fourth-order valence-corrected chi connectivity index (χ4v) is 3.06. The molecule has 0 spiro atoms. The van der Waals surface area contributed by atoms with Crippen LogP contribution in [0.4, 0.5) is 14.5 Å². The maximum absolute atomic E-state index is 12.3. The van der Waals surface area contributed by atoms with Crippen LogP contribution in [0, 0.1) is 5.41 Å². The molecule has 0 atom stereocenters. The molecule has 1 amide bonds. The van der Waals surface area contributed by atoms with Crippen LogP contribution in [0.3, 0.4) is 0 Å². The molecule has 21 heavy (non-hydrogen) atoms. The Hall–Kier alpha value is -0.850. The van der Waals surface area contributed by atoms with Gasteiger partial charge in [0.05, 0.1) is 5.41 Å². The van der Waals surface area contributed by atoms with Gasteiger partial charge in [0, 0.05) is 17.1 Å².